The van der Waals surface area contributed by atoms with Gasteiger partial charge in [0.1, 0.15) is 0 Å². The first-order valence-electron chi connectivity index (χ1n) is 6.76. The van der Waals surface area contributed by atoms with Crippen molar-refractivity contribution in [3.05, 3.63) is 5.69 Å². The molecule has 0 radical (unpaired) electrons. The summed E-state index contributed by atoms with van der Waals surface area (Å²) in [7, 11) is 2.95. The Hall–Kier alpha value is -0.01000. The predicted octanol–water partition coefficient (Wildman–Crippen LogP) is 2.93. The molecule has 6 heteroatoms. The van der Waals surface area contributed by atoms with Gasteiger partial charge in [-0.25, -0.2) is 4.44 Å². The highest BCUT2D eigenvalue weighted by Crippen LogP contribution is 2.45. The summed E-state index contributed by atoms with van der Waals surface area (Å²) in [4.78, 5) is 0. The first kappa shape index (κ1) is 16.0. The quantitative estimate of drug-likeness (QED) is 0.721. The van der Waals surface area contributed by atoms with E-state index in [1.165, 1.54) is 19.1 Å². The molecule has 104 valence electrons. The molecule has 1 rings (SSSR count). The summed E-state index contributed by atoms with van der Waals surface area (Å²) < 4.78 is 7.21. The fourth-order valence-electron chi connectivity index (χ4n) is 2.11. The minimum atomic E-state index is -0.356. The van der Waals surface area contributed by atoms with E-state index in [9.17, 15) is 0 Å². The molecule has 0 saturated heterocycles. The molecular weight excluding hydrogens is 262 g/mol. The van der Waals surface area contributed by atoms with E-state index in [4.69, 9.17) is 0 Å². The second-order valence-electron chi connectivity index (χ2n) is 4.17. The molecule has 0 spiro atoms. The molecule has 1 aromatic rings. The number of aryl methyl sites for hydroxylation is 2. The largest absolute Gasteiger partial charge is 0.266 e. The minimum Gasteiger partial charge on any atom is -0.266 e. The molecule has 4 nitrogen and oxygen atoms in total. The van der Waals surface area contributed by atoms with Crippen molar-refractivity contribution >= 4 is 21.6 Å². The average molecular weight is 288 g/mol. The van der Waals surface area contributed by atoms with Gasteiger partial charge in [0.15, 0.2) is 0 Å². The standard InChI is InChI=1S/C12H26N4P2/c1-7-15(8-2)18(16(9-3)10-4)12-11(5)13-14(6)17-12/h7-10H2,1-6H3. The number of nitrogens with zero attached hydrogens (tertiary/aromatic N) is 4. The lowest BCUT2D eigenvalue weighted by molar-refractivity contribution is 0.430. The Morgan fingerprint density at radius 2 is 1.50 bits per heavy atom. The maximum atomic E-state index is 4.56. The van der Waals surface area contributed by atoms with Gasteiger partial charge >= 0.3 is 0 Å². The average Bonchev–Trinajstić information content (AvgIpc) is 2.69. The SMILES string of the molecule is CCN(CC)P(c1pn(C)nc1C)N(CC)CC. The number of aromatic nitrogens is 2. The Labute approximate surface area is 114 Å². The van der Waals surface area contributed by atoms with Gasteiger partial charge < -0.3 is 0 Å². The maximum absolute atomic E-state index is 4.56. The fraction of sp³-hybridized carbons (Fsp3) is 0.833. The van der Waals surface area contributed by atoms with Crippen LogP contribution in [0.25, 0.3) is 0 Å². The van der Waals surface area contributed by atoms with Crippen LogP contribution in [0.2, 0.25) is 0 Å². The van der Waals surface area contributed by atoms with Gasteiger partial charge in [0, 0.05) is 41.6 Å². The molecule has 1 aromatic heterocycles. The molecule has 0 fully saturated rings. The molecule has 0 aliphatic heterocycles. The minimum absolute atomic E-state index is 0.356. The zero-order valence-corrected chi connectivity index (χ0v) is 14.3. The third kappa shape index (κ3) is 3.51. The molecule has 0 N–H and O–H groups in total. The lowest BCUT2D eigenvalue weighted by Crippen LogP contribution is -2.33. The van der Waals surface area contributed by atoms with Crippen LogP contribution in [0.15, 0.2) is 0 Å². The lowest BCUT2D eigenvalue weighted by atomic mass is 10.6. The highest BCUT2D eigenvalue weighted by molar-refractivity contribution is 7.70. The van der Waals surface area contributed by atoms with E-state index < -0.39 is 0 Å². The Balaban J connectivity index is 3.14. The van der Waals surface area contributed by atoms with Gasteiger partial charge in [-0.1, -0.05) is 27.7 Å². The van der Waals surface area contributed by atoms with Gasteiger partial charge in [-0.2, -0.15) is 5.10 Å². The van der Waals surface area contributed by atoms with Crippen molar-refractivity contribution < 1.29 is 0 Å². The molecular formula is C12H26N4P2. The first-order valence-corrected chi connectivity index (χ1v) is 8.86. The van der Waals surface area contributed by atoms with Crippen LogP contribution in [-0.2, 0) is 7.05 Å². The van der Waals surface area contributed by atoms with Crippen molar-refractivity contribution in [1.29, 1.82) is 0 Å². The van der Waals surface area contributed by atoms with Gasteiger partial charge in [-0.3, -0.25) is 9.34 Å². The maximum Gasteiger partial charge on any atom is 0.0807 e. The number of hydrogen-bond donors (Lipinski definition) is 0. The Morgan fingerprint density at radius 1 is 1.06 bits per heavy atom. The molecule has 0 bridgehead atoms. The van der Waals surface area contributed by atoms with E-state index >= 15 is 0 Å². The van der Waals surface area contributed by atoms with Crippen LogP contribution in [0.3, 0.4) is 0 Å². The summed E-state index contributed by atoms with van der Waals surface area (Å²) in [6.45, 7) is 15.6. The third-order valence-electron chi connectivity index (χ3n) is 3.04. The van der Waals surface area contributed by atoms with Crippen molar-refractivity contribution in [1.82, 2.24) is 18.9 Å². The number of hydrogen-bond acceptors (Lipinski definition) is 3. The monoisotopic (exact) mass is 288 g/mol. The Morgan fingerprint density at radius 3 is 1.78 bits per heavy atom. The summed E-state index contributed by atoms with van der Waals surface area (Å²) >= 11 is 0. The topological polar surface area (TPSA) is 24.3 Å². The van der Waals surface area contributed by atoms with Gasteiger partial charge in [0.25, 0.3) is 0 Å². The van der Waals surface area contributed by atoms with Gasteiger partial charge in [-0.05, 0) is 6.92 Å². The molecule has 0 aromatic carbocycles. The zero-order valence-electron chi connectivity index (χ0n) is 12.5. The van der Waals surface area contributed by atoms with Crippen LogP contribution in [-0.4, -0.2) is 45.1 Å². The Kier molecular flexibility index (Phi) is 6.73. The smallest absolute Gasteiger partial charge is 0.0807 e. The summed E-state index contributed by atoms with van der Waals surface area (Å²) in [6, 6.07) is 0. The normalized spacial score (nSPS) is 12.5. The van der Waals surface area contributed by atoms with Crippen LogP contribution in [0.1, 0.15) is 33.4 Å². The third-order valence-corrected chi connectivity index (χ3v) is 7.65. The fourth-order valence-corrected chi connectivity index (χ4v) is 6.52. The van der Waals surface area contributed by atoms with Crippen molar-refractivity contribution in [2.45, 2.75) is 34.6 Å². The molecule has 0 amide bonds. The molecule has 1 heterocycles. The van der Waals surface area contributed by atoms with E-state index in [1.807, 2.05) is 4.44 Å². The summed E-state index contributed by atoms with van der Waals surface area (Å²) in [5.41, 5.74) is 1.21. The highest BCUT2D eigenvalue weighted by Gasteiger charge is 2.27. The predicted molar refractivity (Wildman–Crippen MR) is 82.9 cm³/mol. The number of rotatable bonds is 7. The second-order valence-corrected chi connectivity index (χ2v) is 7.90. The van der Waals surface area contributed by atoms with Crippen LogP contribution < -0.4 is 5.04 Å². The van der Waals surface area contributed by atoms with Crippen molar-refractivity contribution in [2.24, 2.45) is 7.05 Å². The van der Waals surface area contributed by atoms with E-state index in [0.29, 0.717) is 0 Å². The van der Waals surface area contributed by atoms with Crippen molar-refractivity contribution in [3.8, 4) is 0 Å². The molecule has 0 saturated carbocycles. The van der Waals surface area contributed by atoms with Gasteiger partial charge in [0.05, 0.1) is 19.0 Å². The molecule has 0 atom stereocenters. The van der Waals surface area contributed by atoms with Crippen LogP contribution >= 0.6 is 16.6 Å². The summed E-state index contributed by atoms with van der Waals surface area (Å²) in [5.74, 6) is 0. The van der Waals surface area contributed by atoms with E-state index in [2.05, 4.69) is 56.1 Å². The highest BCUT2D eigenvalue weighted by atomic mass is 31.2. The summed E-state index contributed by atoms with van der Waals surface area (Å²) in [5, 5.41) is 6.06. The van der Waals surface area contributed by atoms with Crippen LogP contribution in [0.4, 0.5) is 0 Å². The first-order chi connectivity index (χ1) is 8.58. The van der Waals surface area contributed by atoms with Crippen molar-refractivity contribution in [2.75, 3.05) is 26.2 Å². The van der Waals surface area contributed by atoms with E-state index in [0.717, 1.165) is 26.2 Å². The molecule has 0 aliphatic rings. The van der Waals surface area contributed by atoms with Crippen LogP contribution in [0.5, 0.6) is 0 Å². The van der Waals surface area contributed by atoms with E-state index in [1.54, 1.807) is 0 Å². The van der Waals surface area contributed by atoms with Crippen LogP contribution in [0, 0.1) is 6.92 Å². The summed E-state index contributed by atoms with van der Waals surface area (Å²) in [6.07, 6.45) is 0. The van der Waals surface area contributed by atoms with E-state index in [-0.39, 0.29) is 8.22 Å². The zero-order chi connectivity index (χ0) is 13.7. The molecule has 18 heavy (non-hydrogen) atoms. The Bertz CT molecular complexity index is 347. The second kappa shape index (κ2) is 7.55. The van der Waals surface area contributed by atoms with Crippen molar-refractivity contribution in [3.63, 3.8) is 0 Å². The molecule has 0 aliphatic carbocycles. The lowest BCUT2D eigenvalue weighted by Gasteiger charge is -2.36. The van der Waals surface area contributed by atoms with Gasteiger partial charge in [0.2, 0.25) is 0 Å². The molecule has 0 unspecified atom stereocenters. The van der Waals surface area contributed by atoms with Gasteiger partial charge in [-0.15, -0.1) is 0 Å².